The maximum atomic E-state index is 14.0. The van der Waals surface area contributed by atoms with Crippen LogP contribution in [0.4, 0.5) is 32.0 Å². The molecule has 1 N–H and O–H groups in total. The standard InChI is InChI=1S/C30H27F6N3O2/c1-19-16-21(28(41,29(31,32)33)30(34,35)36)10-13-25(19)39-26(17-20-8-4-2-5-9-20)37-24-12-11-22(18-23(24)27(39)40)38-14-6-3-7-15-38/h2,4-5,8-13,16,18,41H,3,6-7,14-15,17H2,1H3. The van der Waals surface area contributed by atoms with E-state index in [1.807, 2.05) is 24.3 Å². The Bertz CT molecular complexity index is 1610. The first-order valence-electron chi connectivity index (χ1n) is 13.1. The third-order valence-corrected chi connectivity index (χ3v) is 7.52. The number of hydrogen-bond donors (Lipinski definition) is 1. The van der Waals surface area contributed by atoms with Crippen molar-refractivity contribution in [2.75, 3.05) is 18.0 Å². The van der Waals surface area contributed by atoms with E-state index in [0.717, 1.165) is 49.7 Å². The van der Waals surface area contributed by atoms with Crippen LogP contribution < -0.4 is 10.5 Å². The van der Waals surface area contributed by atoms with Crippen LogP contribution in [0.5, 0.6) is 0 Å². The van der Waals surface area contributed by atoms with Gasteiger partial charge in [-0.3, -0.25) is 9.36 Å². The van der Waals surface area contributed by atoms with Crippen molar-refractivity contribution in [1.29, 1.82) is 0 Å². The molecule has 1 aliphatic heterocycles. The predicted molar refractivity (Wildman–Crippen MR) is 143 cm³/mol. The first-order chi connectivity index (χ1) is 19.3. The molecule has 1 saturated heterocycles. The van der Waals surface area contributed by atoms with Gasteiger partial charge in [0.25, 0.3) is 11.2 Å². The highest BCUT2D eigenvalue weighted by atomic mass is 19.4. The second-order valence-corrected chi connectivity index (χ2v) is 10.3. The quantitative estimate of drug-likeness (QED) is 0.273. The van der Waals surface area contributed by atoms with Crippen molar-refractivity contribution in [3.8, 4) is 5.69 Å². The van der Waals surface area contributed by atoms with E-state index in [9.17, 15) is 36.2 Å². The first-order valence-corrected chi connectivity index (χ1v) is 13.1. The van der Waals surface area contributed by atoms with Crippen molar-refractivity contribution in [2.45, 2.75) is 50.6 Å². The summed E-state index contributed by atoms with van der Waals surface area (Å²) in [6, 6.07) is 16.6. The summed E-state index contributed by atoms with van der Waals surface area (Å²) in [5.74, 6) is 0.261. The molecule has 4 aromatic rings. The molecule has 11 heteroatoms. The van der Waals surface area contributed by atoms with Crippen LogP contribution >= 0.6 is 0 Å². The second-order valence-electron chi connectivity index (χ2n) is 10.3. The molecule has 216 valence electrons. The number of rotatable bonds is 5. The van der Waals surface area contributed by atoms with Crippen LogP contribution in [0, 0.1) is 6.92 Å². The zero-order chi connectivity index (χ0) is 29.6. The van der Waals surface area contributed by atoms with Gasteiger partial charge in [-0.2, -0.15) is 26.3 Å². The van der Waals surface area contributed by atoms with E-state index in [-0.39, 0.29) is 28.9 Å². The molecule has 1 fully saturated rings. The number of aryl methyl sites for hydroxylation is 1. The molecule has 0 spiro atoms. The van der Waals surface area contributed by atoms with Crippen LogP contribution in [-0.4, -0.2) is 40.1 Å². The Labute approximate surface area is 231 Å². The Morgan fingerprint density at radius 2 is 1.51 bits per heavy atom. The molecule has 5 rings (SSSR count). The van der Waals surface area contributed by atoms with Gasteiger partial charge >= 0.3 is 12.4 Å². The highest BCUT2D eigenvalue weighted by Gasteiger charge is 2.71. The number of nitrogens with zero attached hydrogens (tertiary/aromatic N) is 3. The molecule has 0 radical (unpaired) electrons. The minimum absolute atomic E-state index is 0.0640. The van der Waals surface area contributed by atoms with Gasteiger partial charge in [-0.15, -0.1) is 0 Å². The smallest absolute Gasteiger partial charge is 0.372 e. The Morgan fingerprint density at radius 1 is 0.854 bits per heavy atom. The fourth-order valence-electron chi connectivity index (χ4n) is 5.33. The average molecular weight is 576 g/mol. The molecule has 41 heavy (non-hydrogen) atoms. The summed E-state index contributed by atoms with van der Waals surface area (Å²) < 4.78 is 82.5. The van der Waals surface area contributed by atoms with Crippen molar-refractivity contribution in [3.63, 3.8) is 0 Å². The SMILES string of the molecule is Cc1cc(C(O)(C(F)(F)F)C(F)(F)F)ccc1-n1c(Cc2ccccc2)nc2ccc(N3CCCCC3)cc2c1=O. The molecule has 1 aliphatic rings. The monoisotopic (exact) mass is 575 g/mol. The maximum absolute atomic E-state index is 14.0. The van der Waals surface area contributed by atoms with Gasteiger partial charge in [0.2, 0.25) is 0 Å². The van der Waals surface area contributed by atoms with E-state index in [2.05, 4.69) is 4.90 Å². The van der Waals surface area contributed by atoms with Gasteiger partial charge in [-0.25, -0.2) is 4.98 Å². The van der Waals surface area contributed by atoms with Crippen molar-refractivity contribution >= 4 is 16.6 Å². The summed E-state index contributed by atoms with van der Waals surface area (Å²) in [5, 5.41) is 10.2. The van der Waals surface area contributed by atoms with Gasteiger partial charge < -0.3 is 10.0 Å². The van der Waals surface area contributed by atoms with Crippen molar-refractivity contribution in [1.82, 2.24) is 9.55 Å². The van der Waals surface area contributed by atoms with Crippen LogP contribution in [0.2, 0.25) is 0 Å². The number of fused-ring (bicyclic) bond motifs is 1. The number of benzene rings is 3. The predicted octanol–water partition coefficient (Wildman–Crippen LogP) is 6.59. The molecular formula is C30H27F6N3O2. The van der Waals surface area contributed by atoms with Crippen molar-refractivity contribution in [2.24, 2.45) is 0 Å². The van der Waals surface area contributed by atoms with E-state index >= 15 is 0 Å². The molecule has 0 bridgehead atoms. The molecule has 0 unspecified atom stereocenters. The number of hydrogen-bond acceptors (Lipinski definition) is 4. The molecule has 0 saturated carbocycles. The minimum atomic E-state index is -6.02. The van der Waals surface area contributed by atoms with Gasteiger partial charge in [0, 0.05) is 30.8 Å². The van der Waals surface area contributed by atoms with Gasteiger partial charge in [-0.05, 0) is 61.6 Å². The summed E-state index contributed by atoms with van der Waals surface area (Å²) in [4.78, 5) is 20.9. The van der Waals surface area contributed by atoms with E-state index in [4.69, 9.17) is 4.98 Å². The van der Waals surface area contributed by atoms with Gasteiger partial charge in [0.05, 0.1) is 16.6 Å². The van der Waals surface area contributed by atoms with Gasteiger partial charge in [-0.1, -0.05) is 42.5 Å². The molecule has 3 aromatic carbocycles. The maximum Gasteiger partial charge on any atom is 0.430 e. The van der Waals surface area contributed by atoms with Crippen molar-refractivity contribution < 1.29 is 31.4 Å². The lowest BCUT2D eigenvalue weighted by Gasteiger charge is -2.33. The molecule has 0 atom stereocenters. The minimum Gasteiger partial charge on any atom is -0.372 e. The lowest BCUT2D eigenvalue weighted by molar-refractivity contribution is -0.376. The Morgan fingerprint density at radius 3 is 2.12 bits per heavy atom. The second kappa shape index (κ2) is 10.5. The topological polar surface area (TPSA) is 58.4 Å². The van der Waals surface area contributed by atoms with Crippen LogP contribution in [0.25, 0.3) is 16.6 Å². The normalized spacial score (nSPS) is 15.0. The summed E-state index contributed by atoms with van der Waals surface area (Å²) in [6.45, 7) is 2.96. The average Bonchev–Trinajstić information content (AvgIpc) is 2.93. The molecule has 2 heterocycles. The summed E-state index contributed by atoms with van der Waals surface area (Å²) in [6.07, 6.45) is -8.72. The van der Waals surface area contributed by atoms with E-state index in [0.29, 0.717) is 17.6 Å². The Balaban J connectivity index is 1.70. The van der Waals surface area contributed by atoms with Gasteiger partial charge in [0.1, 0.15) is 5.82 Å². The highest BCUT2D eigenvalue weighted by Crippen LogP contribution is 2.50. The van der Waals surface area contributed by atoms with Crippen molar-refractivity contribution in [3.05, 3.63) is 99.6 Å². The highest BCUT2D eigenvalue weighted by molar-refractivity contribution is 5.82. The number of aliphatic hydroxyl groups is 1. The van der Waals surface area contributed by atoms with Crippen LogP contribution in [0.1, 0.15) is 41.8 Å². The first kappa shape index (κ1) is 28.7. The molecule has 5 nitrogen and oxygen atoms in total. The van der Waals surface area contributed by atoms with E-state index in [1.54, 1.807) is 24.3 Å². The summed E-state index contributed by atoms with van der Waals surface area (Å²) in [7, 11) is 0. The molecular weight excluding hydrogens is 548 g/mol. The van der Waals surface area contributed by atoms with Crippen LogP contribution in [0.15, 0.2) is 71.5 Å². The molecule has 1 aromatic heterocycles. The zero-order valence-corrected chi connectivity index (χ0v) is 22.1. The molecule has 0 amide bonds. The lowest BCUT2D eigenvalue weighted by atomic mass is 9.90. The number of alkyl halides is 6. The number of halogens is 6. The zero-order valence-electron chi connectivity index (χ0n) is 22.1. The summed E-state index contributed by atoms with van der Waals surface area (Å²) in [5.41, 5.74) is -4.91. The van der Waals surface area contributed by atoms with Crippen LogP contribution in [-0.2, 0) is 12.0 Å². The van der Waals surface area contributed by atoms with E-state index in [1.165, 1.54) is 11.5 Å². The lowest BCUT2D eigenvalue weighted by Crippen LogP contribution is -2.54. The third kappa shape index (κ3) is 5.18. The number of piperidine rings is 1. The fourth-order valence-corrected chi connectivity index (χ4v) is 5.33. The summed E-state index contributed by atoms with van der Waals surface area (Å²) >= 11 is 0. The van der Waals surface area contributed by atoms with E-state index < -0.39 is 29.1 Å². The molecule has 0 aliphatic carbocycles. The third-order valence-electron chi connectivity index (χ3n) is 7.52. The van der Waals surface area contributed by atoms with Gasteiger partial charge in [0.15, 0.2) is 0 Å². The number of aromatic nitrogens is 2. The Kier molecular flexibility index (Phi) is 7.35. The number of anilines is 1. The fraction of sp³-hybridized carbons (Fsp3) is 0.333. The Hall–Kier alpha value is -3.86. The van der Waals surface area contributed by atoms with Crippen LogP contribution in [0.3, 0.4) is 0 Å². The largest absolute Gasteiger partial charge is 0.430 e.